The van der Waals surface area contributed by atoms with Gasteiger partial charge in [-0.2, -0.15) is 0 Å². The molecule has 1 aliphatic rings. The second-order valence-corrected chi connectivity index (χ2v) is 6.00. The smallest absolute Gasteiger partial charge is 0.0470 e. The van der Waals surface area contributed by atoms with Crippen molar-refractivity contribution in [2.75, 3.05) is 6.61 Å². The third kappa shape index (κ3) is 2.51. The van der Waals surface area contributed by atoms with Crippen LogP contribution in [0.3, 0.4) is 0 Å². The molecule has 1 heteroatoms. The van der Waals surface area contributed by atoms with Gasteiger partial charge >= 0.3 is 0 Å². The van der Waals surface area contributed by atoms with Crippen LogP contribution in [-0.4, -0.2) is 11.7 Å². The van der Waals surface area contributed by atoms with Gasteiger partial charge in [-0.1, -0.05) is 48.9 Å². The average molecular weight is 244 g/mol. The molecular weight excluding hydrogens is 220 g/mol. The first-order chi connectivity index (χ1) is 8.59. The van der Waals surface area contributed by atoms with E-state index in [1.54, 1.807) is 0 Å². The van der Waals surface area contributed by atoms with Crippen molar-refractivity contribution < 1.29 is 5.11 Å². The lowest BCUT2D eigenvalue weighted by Gasteiger charge is -2.10. The first-order valence-electron chi connectivity index (χ1n) is 6.88. The molecule has 0 heterocycles. The second-order valence-electron chi connectivity index (χ2n) is 6.00. The van der Waals surface area contributed by atoms with Crippen LogP contribution in [-0.2, 0) is 0 Å². The fraction of sp³-hybridized carbons (Fsp3) is 0.529. The minimum atomic E-state index is 0.280. The van der Waals surface area contributed by atoms with Crippen molar-refractivity contribution in [2.24, 2.45) is 11.3 Å². The van der Waals surface area contributed by atoms with E-state index in [4.69, 9.17) is 0 Å². The van der Waals surface area contributed by atoms with Gasteiger partial charge < -0.3 is 5.11 Å². The van der Waals surface area contributed by atoms with Crippen LogP contribution in [0.15, 0.2) is 42.0 Å². The summed E-state index contributed by atoms with van der Waals surface area (Å²) in [7, 11) is 0. The summed E-state index contributed by atoms with van der Waals surface area (Å²) < 4.78 is 0. The van der Waals surface area contributed by atoms with Crippen LogP contribution in [0.25, 0.3) is 0 Å². The number of aliphatic hydroxyl groups excluding tert-OH is 1. The second kappa shape index (κ2) is 5.27. The molecule has 1 fully saturated rings. The summed E-state index contributed by atoms with van der Waals surface area (Å²) in [5, 5.41) is 9.57. The van der Waals surface area contributed by atoms with Gasteiger partial charge in [-0.15, -0.1) is 0 Å². The van der Waals surface area contributed by atoms with E-state index in [-0.39, 0.29) is 5.41 Å². The van der Waals surface area contributed by atoms with E-state index in [9.17, 15) is 5.11 Å². The zero-order valence-electron chi connectivity index (χ0n) is 11.7. The number of benzene rings is 1. The zero-order chi connectivity index (χ0) is 13.2. The fourth-order valence-corrected chi connectivity index (χ4v) is 3.26. The molecule has 3 atom stereocenters. The molecule has 98 valence electrons. The summed E-state index contributed by atoms with van der Waals surface area (Å²) >= 11 is 0. The lowest BCUT2D eigenvalue weighted by atomic mass is 9.95. The predicted octanol–water partition coefficient (Wildman–Crippen LogP) is 4.15. The minimum absolute atomic E-state index is 0.280. The van der Waals surface area contributed by atoms with E-state index in [1.165, 1.54) is 17.6 Å². The number of aliphatic hydroxyl groups is 1. The van der Waals surface area contributed by atoms with Gasteiger partial charge in [0.2, 0.25) is 0 Å². The lowest BCUT2D eigenvalue weighted by Crippen LogP contribution is -2.01. The first kappa shape index (κ1) is 13.4. The molecule has 1 N–H and O–H groups in total. The highest BCUT2D eigenvalue weighted by molar-refractivity contribution is 5.32. The summed E-state index contributed by atoms with van der Waals surface area (Å²) in [6.07, 6.45) is 4.60. The van der Waals surface area contributed by atoms with Crippen LogP contribution in [0, 0.1) is 11.3 Å². The highest BCUT2D eigenvalue weighted by Gasteiger charge is 2.60. The van der Waals surface area contributed by atoms with Gasteiger partial charge in [0.1, 0.15) is 0 Å². The summed E-state index contributed by atoms with van der Waals surface area (Å²) in [6, 6.07) is 10.6. The van der Waals surface area contributed by atoms with E-state index >= 15 is 0 Å². The van der Waals surface area contributed by atoms with E-state index in [0.29, 0.717) is 18.4 Å². The van der Waals surface area contributed by atoms with Crippen molar-refractivity contribution in [2.45, 2.75) is 39.5 Å². The van der Waals surface area contributed by atoms with Crippen molar-refractivity contribution in [1.29, 1.82) is 0 Å². The molecule has 0 amide bonds. The Morgan fingerprint density at radius 1 is 1.28 bits per heavy atom. The van der Waals surface area contributed by atoms with Crippen LogP contribution in [0.1, 0.15) is 45.1 Å². The van der Waals surface area contributed by atoms with Gasteiger partial charge in [0.25, 0.3) is 0 Å². The molecule has 0 aromatic heterocycles. The number of hydrogen-bond acceptors (Lipinski definition) is 1. The molecule has 0 spiro atoms. The van der Waals surface area contributed by atoms with Crippen LogP contribution in [0.5, 0.6) is 0 Å². The van der Waals surface area contributed by atoms with Crippen molar-refractivity contribution >= 4 is 0 Å². The topological polar surface area (TPSA) is 20.2 Å². The summed E-state index contributed by atoms with van der Waals surface area (Å²) in [6.45, 7) is 6.93. The Balaban J connectivity index is 2.06. The minimum Gasteiger partial charge on any atom is -0.396 e. The predicted molar refractivity (Wildman–Crippen MR) is 76.5 cm³/mol. The van der Waals surface area contributed by atoms with Gasteiger partial charge in [0.15, 0.2) is 0 Å². The third-order valence-electron chi connectivity index (χ3n) is 4.44. The summed E-state index contributed by atoms with van der Waals surface area (Å²) in [5.41, 5.74) is 3.05. The Morgan fingerprint density at radius 3 is 2.50 bits per heavy atom. The monoisotopic (exact) mass is 244 g/mol. The molecule has 1 aromatic carbocycles. The molecule has 18 heavy (non-hydrogen) atoms. The van der Waals surface area contributed by atoms with Crippen molar-refractivity contribution in [3.05, 3.63) is 47.5 Å². The Bertz CT molecular complexity index is 416. The van der Waals surface area contributed by atoms with Gasteiger partial charge in [-0.05, 0) is 49.5 Å². The maximum atomic E-state index is 9.57. The van der Waals surface area contributed by atoms with E-state index in [2.05, 4.69) is 57.2 Å². The van der Waals surface area contributed by atoms with E-state index < -0.39 is 0 Å². The fourth-order valence-electron chi connectivity index (χ4n) is 3.26. The standard InChI is InChI=1S/C17H24O/c1-13(2)8-7-11-17(3)15(12-18)16(17)14-9-5-4-6-10-14/h4-6,8-10,15-16,18H,7,11-12H2,1-3H3/t15-,16+,17+/m0/s1. The quantitative estimate of drug-likeness (QED) is 0.772. The lowest BCUT2D eigenvalue weighted by molar-refractivity contribution is 0.249. The maximum absolute atomic E-state index is 9.57. The van der Waals surface area contributed by atoms with Gasteiger partial charge in [-0.3, -0.25) is 0 Å². The molecule has 0 bridgehead atoms. The van der Waals surface area contributed by atoms with Gasteiger partial charge in [0, 0.05) is 6.61 Å². The van der Waals surface area contributed by atoms with E-state index in [1.807, 2.05) is 0 Å². The molecule has 1 nitrogen and oxygen atoms in total. The largest absolute Gasteiger partial charge is 0.396 e. The van der Waals surface area contributed by atoms with Crippen LogP contribution >= 0.6 is 0 Å². The molecule has 1 aromatic rings. The SMILES string of the molecule is CC(C)=CCC[C@@]1(C)[C@H](c2ccccc2)[C@@H]1CO. The Kier molecular flexibility index (Phi) is 3.91. The number of hydrogen-bond donors (Lipinski definition) is 1. The van der Waals surface area contributed by atoms with Gasteiger partial charge in [-0.25, -0.2) is 0 Å². The normalized spacial score (nSPS) is 30.0. The molecule has 0 radical (unpaired) electrons. The zero-order valence-corrected chi connectivity index (χ0v) is 11.7. The highest BCUT2D eigenvalue weighted by Crippen LogP contribution is 2.66. The summed E-state index contributed by atoms with van der Waals surface area (Å²) in [4.78, 5) is 0. The molecule has 0 unspecified atom stereocenters. The Labute approximate surface area is 111 Å². The Morgan fingerprint density at radius 2 is 1.94 bits per heavy atom. The van der Waals surface area contributed by atoms with Gasteiger partial charge in [0.05, 0.1) is 0 Å². The van der Waals surface area contributed by atoms with Crippen LogP contribution in [0.2, 0.25) is 0 Å². The first-order valence-corrected chi connectivity index (χ1v) is 6.88. The molecule has 0 aliphatic heterocycles. The maximum Gasteiger partial charge on any atom is 0.0470 e. The van der Waals surface area contributed by atoms with Crippen LogP contribution < -0.4 is 0 Å². The molecule has 1 saturated carbocycles. The van der Waals surface area contributed by atoms with Crippen LogP contribution in [0.4, 0.5) is 0 Å². The third-order valence-corrected chi connectivity index (χ3v) is 4.44. The van der Waals surface area contributed by atoms with E-state index in [0.717, 1.165) is 6.42 Å². The number of allylic oxidation sites excluding steroid dienone is 2. The Hall–Kier alpha value is -1.08. The van der Waals surface area contributed by atoms with Crippen molar-refractivity contribution in [3.63, 3.8) is 0 Å². The summed E-state index contributed by atoms with van der Waals surface area (Å²) in [5.74, 6) is 0.972. The molecule has 0 saturated heterocycles. The highest BCUT2D eigenvalue weighted by atomic mass is 16.3. The molecular formula is C17H24O. The number of rotatable bonds is 5. The average Bonchev–Trinajstić information content (AvgIpc) is 2.95. The molecule has 2 rings (SSSR count). The van der Waals surface area contributed by atoms with Crippen molar-refractivity contribution in [3.8, 4) is 0 Å². The van der Waals surface area contributed by atoms with Crippen molar-refractivity contribution in [1.82, 2.24) is 0 Å². The molecule has 1 aliphatic carbocycles.